The normalized spacial score (nSPS) is 12.0. The minimum absolute atomic E-state index is 0.0318. The van der Waals surface area contributed by atoms with Crippen molar-refractivity contribution in [2.45, 2.75) is 258 Å². The molecule has 0 aliphatic rings. The Labute approximate surface area is 288 Å². The molecular weight excluding hydrogens is 568 g/mol. The number of esters is 1. The van der Waals surface area contributed by atoms with Crippen LogP contribution in [0.1, 0.15) is 251 Å². The van der Waals surface area contributed by atoms with E-state index in [1.54, 1.807) is 0 Å². The molecule has 0 fully saturated rings. The Morgan fingerprint density at radius 2 is 0.652 bits per heavy atom. The van der Waals surface area contributed by atoms with E-state index in [0.29, 0.717) is 12.8 Å². The Morgan fingerprint density at radius 3 is 0.957 bits per heavy atom. The topological polar surface area (TPSA) is 63.6 Å². The van der Waals surface area contributed by atoms with Gasteiger partial charge in [0, 0.05) is 12.8 Å². The molecule has 46 heavy (non-hydrogen) atoms. The number of hydrogen-bond donors (Lipinski definition) is 1. The third kappa shape index (κ3) is 37.4. The molecule has 1 N–H and O–H groups in total. The number of aliphatic carboxylic acids is 1. The molecule has 0 spiro atoms. The van der Waals surface area contributed by atoms with Crippen LogP contribution in [0.3, 0.4) is 0 Å². The Hall–Kier alpha value is -1.06. The summed E-state index contributed by atoms with van der Waals surface area (Å²) in [7, 11) is 0. The Morgan fingerprint density at radius 1 is 0.391 bits per heavy atom. The summed E-state index contributed by atoms with van der Waals surface area (Å²) >= 11 is 0. The van der Waals surface area contributed by atoms with Crippen molar-refractivity contribution in [1.82, 2.24) is 0 Å². The third-order valence-corrected chi connectivity index (χ3v) is 9.83. The van der Waals surface area contributed by atoms with Crippen molar-refractivity contribution < 1.29 is 19.4 Å². The fourth-order valence-electron chi connectivity index (χ4n) is 6.72. The summed E-state index contributed by atoms with van der Waals surface area (Å²) in [5.74, 6) is -0.647. The van der Waals surface area contributed by atoms with Crippen molar-refractivity contribution in [1.29, 1.82) is 0 Å². The van der Waals surface area contributed by atoms with Crippen LogP contribution in [0, 0.1) is 0 Å². The molecule has 274 valence electrons. The first-order valence-electron chi connectivity index (χ1n) is 21.0. The van der Waals surface area contributed by atoms with Gasteiger partial charge in [-0.2, -0.15) is 0 Å². The molecule has 0 saturated carbocycles. The maximum absolute atomic E-state index is 12.7. The lowest BCUT2D eigenvalue weighted by molar-refractivity contribution is -0.150. The van der Waals surface area contributed by atoms with Gasteiger partial charge in [0.2, 0.25) is 0 Å². The second-order valence-corrected chi connectivity index (χ2v) is 14.5. The predicted octanol–water partition coefficient (Wildman–Crippen LogP) is 14.5. The van der Waals surface area contributed by atoms with Gasteiger partial charge in [-0.15, -0.1) is 0 Å². The van der Waals surface area contributed by atoms with Gasteiger partial charge in [-0.05, 0) is 38.5 Å². The van der Waals surface area contributed by atoms with Gasteiger partial charge in [0.05, 0.1) is 0 Å². The van der Waals surface area contributed by atoms with Crippen molar-refractivity contribution in [3.05, 3.63) is 0 Å². The highest BCUT2D eigenvalue weighted by Gasteiger charge is 2.14. The van der Waals surface area contributed by atoms with Crippen LogP contribution in [0.5, 0.6) is 0 Å². The van der Waals surface area contributed by atoms with Gasteiger partial charge < -0.3 is 9.84 Å². The summed E-state index contributed by atoms with van der Waals surface area (Å²) in [6.45, 7) is 4.55. The van der Waals surface area contributed by atoms with E-state index in [1.165, 1.54) is 173 Å². The Kier molecular flexibility index (Phi) is 37.5. The lowest BCUT2D eigenvalue weighted by Crippen LogP contribution is -2.18. The van der Waals surface area contributed by atoms with Crippen LogP contribution in [0.2, 0.25) is 0 Å². The summed E-state index contributed by atoms with van der Waals surface area (Å²) in [6.07, 6.45) is 45.7. The van der Waals surface area contributed by atoms with Crippen LogP contribution in [0.15, 0.2) is 0 Å². The molecule has 1 atom stereocenters. The molecule has 0 aliphatic heterocycles. The molecule has 0 aliphatic carbocycles. The van der Waals surface area contributed by atoms with E-state index in [0.717, 1.165) is 51.4 Å². The minimum atomic E-state index is -0.679. The van der Waals surface area contributed by atoms with Gasteiger partial charge in [-0.25, -0.2) is 0 Å². The number of unbranched alkanes of at least 4 members (excludes halogenated alkanes) is 30. The summed E-state index contributed by atoms with van der Waals surface area (Å²) in [6, 6.07) is 0. The fraction of sp³-hybridized carbons (Fsp3) is 0.952. The van der Waals surface area contributed by atoms with Gasteiger partial charge in [-0.3, -0.25) is 9.59 Å². The van der Waals surface area contributed by atoms with Crippen molar-refractivity contribution >= 4 is 11.9 Å². The smallest absolute Gasteiger partial charge is 0.306 e. The maximum atomic E-state index is 12.7. The third-order valence-electron chi connectivity index (χ3n) is 9.83. The molecule has 0 aromatic carbocycles. The molecule has 0 aromatic heterocycles. The predicted molar refractivity (Wildman–Crippen MR) is 200 cm³/mol. The average molecular weight is 651 g/mol. The largest absolute Gasteiger partial charge is 0.481 e. The van der Waals surface area contributed by atoms with Gasteiger partial charge in [-0.1, -0.05) is 200 Å². The Bertz CT molecular complexity index is 619. The zero-order valence-corrected chi connectivity index (χ0v) is 31.4. The maximum Gasteiger partial charge on any atom is 0.306 e. The van der Waals surface area contributed by atoms with Gasteiger partial charge in [0.1, 0.15) is 6.10 Å². The van der Waals surface area contributed by atoms with E-state index in [-0.39, 0.29) is 12.1 Å². The van der Waals surface area contributed by atoms with Gasteiger partial charge >= 0.3 is 11.9 Å². The molecule has 0 radical (unpaired) electrons. The molecule has 0 rings (SSSR count). The highest BCUT2D eigenvalue weighted by Crippen LogP contribution is 2.19. The zero-order chi connectivity index (χ0) is 33.6. The van der Waals surface area contributed by atoms with E-state index in [2.05, 4.69) is 13.8 Å². The standard InChI is InChI=1S/C42H82O4/c1-3-5-7-9-11-12-13-14-15-16-17-18-19-20-21-22-27-31-35-39-42(45)46-40(36-32-28-10-8-6-4-2)37-33-29-25-23-24-26-30-34-38-41(43)44/h40H,3-39H2,1-2H3,(H,43,44). The number of carbonyl (C=O) groups excluding carboxylic acids is 1. The van der Waals surface area contributed by atoms with Crippen molar-refractivity contribution in [2.75, 3.05) is 0 Å². The number of hydrogen-bond acceptors (Lipinski definition) is 3. The van der Waals surface area contributed by atoms with Crippen LogP contribution in [-0.2, 0) is 14.3 Å². The monoisotopic (exact) mass is 651 g/mol. The molecule has 0 amide bonds. The molecule has 1 unspecified atom stereocenters. The van der Waals surface area contributed by atoms with E-state index >= 15 is 0 Å². The molecule has 0 bridgehead atoms. The summed E-state index contributed by atoms with van der Waals surface area (Å²) in [5.41, 5.74) is 0. The first-order chi connectivity index (χ1) is 22.6. The molecule has 4 nitrogen and oxygen atoms in total. The minimum Gasteiger partial charge on any atom is -0.481 e. The SMILES string of the molecule is CCCCCCCCCCCCCCCCCCCCCC(=O)OC(CCCCCCCC)CCCCCCCCCCC(=O)O. The first-order valence-corrected chi connectivity index (χ1v) is 21.0. The van der Waals surface area contributed by atoms with Crippen LogP contribution < -0.4 is 0 Å². The molecule has 0 heterocycles. The number of carbonyl (C=O) groups is 2. The van der Waals surface area contributed by atoms with Gasteiger partial charge in [0.25, 0.3) is 0 Å². The quantitative estimate of drug-likeness (QED) is 0.0531. The van der Waals surface area contributed by atoms with Crippen molar-refractivity contribution in [3.63, 3.8) is 0 Å². The van der Waals surface area contributed by atoms with Crippen LogP contribution in [0.4, 0.5) is 0 Å². The Balaban J connectivity index is 3.80. The number of carboxylic acids is 1. The summed E-state index contributed by atoms with van der Waals surface area (Å²) in [5, 5.41) is 8.73. The fourth-order valence-corrected chi connectivity index (χ4v) is 6.72. The second kappa shape index (κ2) is 38.4. The molecule has 0 aromatic rings. The zero-order valence-electron chi connectivity index (χ0n) is 31.4. The first kappa shape index (κ1) is 44.9. The summed E-state index contributed by atoms with van der Waals surface area (Å²) in [4.78, 5) is 23.3. The lowest BCUT2D eigenvalue weighted by Gasteiger charge is -2.18. The van der Waals surface area contributed by atoms with E-state index in [9.17, 15) is 9.59 Å². The van der Waals surface area contributed by atoms with Crippen LogP contribution >= 0.6 is 0 Å². The highest BCUT2D eigenvalue weighted by atomic mass is 16.5. The van der Waals surface area contributed by atoms with Gasteiger partial charge in [0.15, 0.2) is 0 Å². The molecular formula is C42H82O4. The number of carboxylic acid groups (broad SMARTS) is 1. The number of rotatable bonds is 39. The van der Waals surface area contributed by atoms with Crippen LogP contribution in [0.25, 0.3) is 0 Å². The second-order valence-electron chi connectivity index (χ2n) is 14.5. The van der Waals surface area contributed by atoms with Crippen molar-refractivity contribution in [3.8, 4) is 0 Å². The van der Waals surface area contributed by atoms with Crippen molar-refractivity contribution in [2.24, 2.45) is 0 Å². The van der Waals surface area contributed by atoms with Crippen LogP contribution in [-0.4, -0.2) is 23.1 Å². The summed E-state index contributed by atoms with van der Waals surface area (Å²) < 4.78 is 6.02. The average Bonchev–Trinajstić information content (AvgIpc) is 3.04. The van der Waals surface area contributed by atoms with E-state index in [4.69, 9.17) is 9.84 Å². The highest BCUT2D eigenvalue weighted by molar-refractivity contribution is 5.69. The van der Waals surface area contributed by atoms with E-state index in [1.807, 2.05) is 0 Å². The van der Waals surface area contributed by atoms with E-state index < -0.39 is 5.97 Å². The lowest BCUT2D eigenvalue weighted by atomic mass is 10.0. The molecule has 0 saturated heterocycles. The number of ether oxygens (including phenoxy) is 1. The molecule has 4 heteroatoms.